The molecule has 0 bridgehead atoms. The van der Waals surface area contributed by atoms with Crippen LogP contribution in [0.15, 0.2) is 0 Å². The van der Waals surface area contributed by atoms with Crippen molar-refractivity contribution in [3.63, 3.8) is 0 Å². The second kappa shape index (κ2) is 6.80. The highest BCUT2D eigenvalue weighted by molar-refractivity contribution is 5.78. The Kier molecular flexibility index (Phi) is 6.52. The van der Waals surface area contributed by atoms with Crippen LogP contribution in [0.25, 0.3) is 0 Å². The van der Waals surface area contributed by atoms with Crippen LogP contribution in [0, 0.1) is 5.92 Å². The molecular weight excluding hydrogens is 192 g/mol. The van der Waals surface area contributed by atoms with E-state index in [2.05, 4.69) is 5.32 Å². The lowest BCUT2D eigenvalue weighted by Gasteiger charge is -2.33. The number of rotatable bonds is 7. The predicted octanol–water partition coefficient (Wildman–Crippen LogP) is 0.903. The molecule has 1 atom stereocenters. The minimum Gasteiger partial charge on any atom is -0.372 e. The number of amides is 1. The van der Waals surface area contributed by atoms with Gasteiger partial charge in [-0.1, -0.05) is 20.8 Å². The fraction of sp³-hybridized carbons (Fsp3) is 0.909. The van der Waals surface area contributed by atoms with Crippen molar-refractivity contribution in [2.24, 2.45) is 11.7 Å². The molecule has 0 saturated carbocycles. The van der Waals surface area contributed by atoms with E-state index >= 15 is 0 Å². The molecule has 1 amide bonds. The van der Waals surface area contributed by atoms with Crippen molar-refractivity contribution in [2.45, 2.75) is 39.7 Å². The van der Waals surface area contributed by atoms with Crippen LogP contribution in [-0.2, 0) is 9.53 Å². The molecule has 3 N–H and O–H groups in total. The first-order valence-electron chi connectivity index (χ1n) is 5.55. The van der Waals surface area contributed by atoms with Gasteiger partial charge in [0.1, 0.15) is 6.61 Å². The molecule has 0 aliphatic heterocycles. The Morgan fingerprint density at radius 2 is 2.13 bits per heavy atom. The van der Waals surface area contributed by atoms with Crippen LogP contribution < -0.4 is 11.1 Å². The second-order valence-corrected chi connectivity index (χ2v) is 4.38. The van der Waals surface area contributed by atoms with Gasteiger partial charge in [0.25, 0.3) is 0 Å². The molecule has 0 aliphatic rings. The van der Waals surface area contributed by atoms with Crippen molar-refractivity contribution < 1.29 is 9.53 Å². The van der Waals surface area contributed by atoms with Crippen molar-refractivity contribution in [3.05, 3.63) is 0 Å². The molecular formula is C11H24N2O2. The number of carbonyl (C=O) groups is 1. The average molecular weight is 216 g/mol. The van der Waals surface area contributed by atoms with E-state index in [9.17, 15) is 4.79 Å². The zero-order chi connectivity index (χ0) is 11.9. The standard InChI is InChI=1S/C11H24N2O2/c1-5-6-15-7-10(14)13-11(4,8-12)9(2)3/h9H,5-8,12H2,1-4H3,(H,13,14). The zero-order valence-corrected chi connectivity index (χ0v) is 10.3. The van der Waals surface area contributed by atoms with Gasteiger partial charge in [-0.3, -0.25) is 4.79 Å². The number of nitrogens with two attached hydrogens (primary N) is 1. The number of hydrogen-bond donors (Lipinski definition) is 2. The van der Waals surface area contributed by atoms with E-state index in [1.54, 1.807) is 0 Å². The summed E-state index contributed by atoms with van der Waals surface area (Å²) in [6.45, 7) is 9.22. The first-order valence-corrected chi connectivity index (χ1v) is 5.55. The van der Waals surface area contributed by atoms with Crippen LogP contribution in [-0.4, -0.2) is 31.2 Å². The van der Waals surface area contributed by atoms with Crippen LogP contribution in [0.3, 0.4) is 0 Å². The lowest BCUT2D eigenvalue weighted by molar-refractivity contribution is -0.127. The summed E-state index contributed by atoms with van der Waals surface area (Å²) < 4.78 is 5.16. The summed E-state index contributed by atoms with van der Waals surface area (Å²) in [7, 11) is 0. The van der Waals surface area contributed by atoms with Gasteiger partial charge < -0.3 is 15.8 Å². The Balaban J connectivity index is 4.02. The maximum Gasteiger partial charge on any atom is 0.246 e. The molecule has 0 spiro atoms. The van der Waals surface area contributed by atoms with Gasteiger partial charge >= 0.3 is 0 Å². The van der Waals surface area contributed by atoms with Gasteiger partial charge in [0.15, 0.2) is 0 Å². The number of carbonyl (C=O) groups excluding carboxylic acids is 1. The Morgan fingerprint density at radius 1 is 1.53 bits per heavy atom. The highest BCUT2D eigenvalue weighted by Crippen LogP contribution is 2.14. The van der Waals surface area contributed by atoms with E-state index in [0.29, 0.717) is 19.1 Å². The lowest BCUT2D eigenvalue weighted by atomic mass is 9.88. The van der Waals surface area contributed by atoms with Crippen molar-refractivity contribution in [2.75, 3.05) is 19.8 Å². The minimum absolute atomic E-state index is 0.0925. The summed E-state index contributed by atoms with van der Waals surface area (Å²) in [5, 5.41) is 2.91. The minimum atomic E-state index is -0.341. The zero-order valence-electron chi connectivity index (χ0n) is 10.3. The quantitative estimate of drug-likeness (QED) is 0.622. The Hall–Kier alpha value is -0.610. The molecule has 0 radical (unpaired) electrons. The maximum absolute atomic E-state index is 11.5. The Labute approximate surface area is 92.6 Å². The fourth-order valence-electron chi connectivity index (χ4n) is 1.09. The van der Waals surface area contributed by atoms with Gasteiger partial charge in [0.2, 0.25) is 5.91 Å². The summed E-state index contributed by atoms with van der Waals surface area (Å²) in [4.78, 5) is 11.5. The van der Waals surface area contributed by atoms with E-state index in [-0.39, 0.29) is 18.1 Å². The largest absolute Gasteiger partial charge is 0.372 e. The molecule has 90 valence electrons. The topological polar surface area (TPSA) is 64.3 Å². The monoisotopic (exact) mass is 216 g/mol. The van der Waals surface area contributed by atoms with Crippen LogP contribution in [0.1, 0.15) is 34.1 Å². The average Bonchev–Trinajstić information content (AvgIpc) is 2.17. The van der Waals surface area contributed by atoms with E-state index < -0.39 is 0 Å². The van der Waals surface area contributed by atoms with Crippen molar-refractivity contribution >= 4 is 5.91 Å². The van der Waals surface area contributed by atoms with Crippen LogP contribution in [0.5, 0.6) is 0 Å². The summed E-state index contributed by atoms with van der Waals surface area (Å²) in [5.41, 5.74) is 5.31. The summed E-state index contributed by atoms with van der Waals surface area (Å²) in [6.07, 6.45) is 0.922. The third-order valence-electron chi connectivity index (χ3n) is 2.70. The fourth-order valence-corrected chi connectivity index (χ4v) is 1.09. The summed E-state index contributed by atoms with van der Waals surface area (Å²) in [6, 6.07) is 0. The van der Waals surface area contributed by atoms with E-state index in [1.165, 1.54) is 0 Å². The summed E-state index contributed by atoms with van der Waals surface area (Å²) in [5.74, 6) is 0.211. The molecule has 0 heterocycles. The number of nitrogens with one attached hydrogen (secondary N) is 1. The van der Waals surface area contributed by atoms with Gasteiger partial charge in [0, 0.05) is 13.2 Å². The molecule has 15 heavy (non-hydrogen) atoms. The number of ether oxygens (including phenoxy) is 1. The van der Waals surface area contributed by atoms with Gasteiger partial charge in [-0.25, -0.2) is 0 Å². The van der Waals surface area contributed by atoms with Crippen molar-refractivity contribution in [1.82, 2.24) is 5.32 Å². The lowest BCUT2D eigenvalue weighted by Crippen LogP contribution is -2.55. The van der Waals surface area contributed by atoms with E-state index in [0.717, 1.165) is 6.42 Å². The van der Waals surface area contributed by atoms with Crippen LogP contribution in [0.2, 0.25) is 0 Å². The molecule has 0 aromatic carbocycles. The third kappa shape index (κ3) is 5.14. The highest BCUT2D eigenvalue weighted by atomic mass is 16.5. The molecule has 4 heteroatoms. The Morgan fingerprint density at radius 3 is 2.53 bits per heavy atom. The normalized spacial score (nSPS) is 15.1. The SMILES string of the molecule is CCCOCC(=O)NC(C)(CN)C(C)C. The molecule has 0 aromatic rings. The molecule has 0 fully saturated rings. The summed E-state index contributed by atoms with van der Waals surface area (Å²) >= 11 is 0. The molecule has 0 rings (SSSR count). The van der Waals surface area contributed by atoms with Crippen molar-refractivity contribution in [1.29, 1.82) is 0 Å². The van der Waals surface area contributed by atoms with Crippen molar-refractivity contribution in [3.8, 4) is 0 Å². The Bertz CT molecular complexity index is 195. The highest BCUT2D eigenvalue weighted by Gasteiger charge is 2.28. The van der Waals surface area contributed by atoms with Gasteiger partial charge in [-0.15, -0.1) is 0 Å². The van der Waals surface area contributed by atoms with Gasteiger partial charge in [0.05, 0.1) is 5.54 Å². The first kappa shape index (κ1) is 14.4. The molecule has 1 unspecified atom stereocenters. The van der Waals surface area contributed by atoms with Crippen LogP contribution >= 0.6 is 0 Å². The van der Waals surface area contributed by atoms with Crippen LogP contribution in [0.4, 0.5) is 0 Å². The predicted molar refractivity (Wildman–Crippen MR) is 61.6 cm³/mol. The molecule has 0 saturated heterocycles. The smallest absolute Gasteiger partial charge is 0.246 e. The third-order valence-corrected chi connectivity index (χ3v) is 2.70. The van der Waals surface area contributed by atoms with Gasteiger partial charge in [-0.05, 0) is 19.3 Å². The number of hydrogen-bond acceptors (Lipinski definition) is 3. The second-order valence-electron chi connectivity index (χ2n) is 4.38. The molecule has 4 nitrogen and oxygen atoms in total. The molecule has 0 aromatic heterocycles. The van der Waals surface area contributed by atoms with Gasteiger partial charge in [-0.2, -0.15) is 0 Å². The van der Waals surface area contributed by atoms with E-state index in [1.807, 2.05) is 27.7 Å². The first-order chi connectivity index (χ1) is 6.96. The van der Waals surface area contributed by atoms with E-state index in [4.69, 9.17) is 10.5 Å². The maximum atomic E-state index is 11.5. The molecule has 0 aliphatic carbocycles.